The van der Waals surface area contributed by atoms with Gasteiger partial charge in [-0.2, -0.15) is 0 Å². The molecule has 108 valence electrons. The number of nitrogens with zero attached hydrogens (tertiary/aromatic N) is 1. The van der Waals surface area contributed by atoms with Crippen molar-refractivity contribution in [3.05, 3.63) is 0 Å². The van der Waals surface area contributed by atoms with Crippen LogP contribution >= 0.6 is 0 Å². The molecular weight excluding hydrogens is 238 g/mol. The Kier molecular flexibility index (Phi) is 8.91. The third-order valence-electron chi connectivity index (χ3n) is 2.88. The number of amides is 1. The van der Waals surface area contributed by atoms with Gasteiger partial charge in [0.05, 0.1) is 6.61 Å². The maximum absolute atomic E-state index is 11.7. The van der Waals surface area contributed by atoms with E-state index < -0.39 is 30.8 Å². The topological polar surface area (TPSA) is 101 Å². The average Bonchev–Trinajstić information content (AvgIpc) is 2.39. The molecule has 6 nitrogen and oxygen atoms in total. The Labute approximate surface area is 108 Å². The van der Waals surface area contributed by atoms with Crippen LogP contribution in [0, 0.1) is 0 Å². The van der Waals surface area contributed by atoms with Gasteiger partial charge < -0.3 is 25.3 Å². The van der Waals surface area contributed by atoms with Crippen LogP contribution in [0.5, 0.6) is 0 Å². The molecule has 18 heavy (non-hydrogen) atoms. The molecule has 0 unspecified atom stereocenters. The Hall–Kier alpha value is -0.690. The SMILES string of the molecule is CCCCCCN(C)C(=O)[C@H](O)[C@@H](O)[C@@H](O)CO. The zero-order chi connectivity index (χ0) is 14.1. The van der Waals surface area contributed by atoms with Crippen LogP contribution in [-0.2, 0) is 4.79 Å². The van der Waals surface area contributed by atoms with E-state index in [9.17, 15) is 15.0 Å². The van der Waals surface area contributed by atoms with Crippen molar-refractivity contribution in [3.8, 4) is 0 Å². The highest BCUT2D eigenvalue weighted by molar-refractivity contribution is 5.81. The molecule has 0 aliphatic heterocycles. The number of carbonyl (C=O) groups excluding carboxylic acids is 1. The van der Waals surface area contributed by atoms with Crippen molar-refractivity contribution < 1.29 is 25.2 Å². The molecule has 6 heteroatoms. The Morgan fingerprint density at radius 2 is 1.78 bits per heavy atom. The lowest BCUT2D eigenvalue weighted by molar-refractivity contribution is -0.151. The molecule has 0 saturated carbocycles. The Morgan fingerprint density at radius 3 is 2.28 bits per heavy atom. The predicted octanol–water partition coefficient (Wildman–Crippen LogP) is -0.900. The maximum atomic E-state index is 11.7. The molecule has 0 aromatic rings. The molecule has 0 heterocycles. The fourth-order valence-corrected chi connectivity index (χ4v) is 1.58. The molecule has 1 amide bonds. The van der Waals surface area contributed by atoms with Gasteiger partial charge in [-0.1, -0.05) is 26.2 Å². The van der Waals surface area contributed by atoms with Gasteiger partial charge in [-0.05, 0) is 6.42 Å². The molecule has 0 fully saturated rings. The van der Waals surface area contributed by atoms with Crippen molar-refractivity contribution in [2.75, 3.05) is 20.2 Å². The van der Waals surface area contributed by atoms with E-state index in [2.05, 4.69) is 6.92 Å². The number of unbranched alkanes of at least 4 members (excludes halogenated alkanes) is 3. The molecule has 0 aliphatic rings. The highest BCUT2D eigenvalue weighted by atomic mass is 16.4. The van der Waals surface area contributed by atoms with Crippen LogP contribution in [0.25, 0.3) is 0 Å². The maximum Gasteiger partial charge on any atom is 0.253 e. The number of aliphatic hydroxyl groups excluding tert-OH is 4. The van der Waals surface area contributed by atoms with E-state index in [-0.39, 0.29) is 0 Å². The first-order valence-corrected chi connectivity index (χ1v) is 6.35. The molecule has 0 aromatic heterocycles. The molecule has 0 rings (SSSR count). The molecule has 0 bridgehead atoms. The number of likely N-dealkylation sites (N-methyl/N-ethyl adjacent to an activating group) is 1. The van der Waals surface area contributed by atoms with Crippen LogP contribution in [0.2, 0.25) is 0 Å². The van der Waals surface area contributed by atoms with Gasteiger partial charge in [0.1, 0.15) is 12.2 Å². The van der Waals surface area contributed by atoms with Crippen molar-refractivity contribution in [1.29, 1.82) is 0 Å². The fraction of sp³-hybridized carbons (Fsp3) is 0.917. The second-order valence-corrected chi connectivity index (χ2v) is 4.51. The van der Waals surface area contributed by atoms with Crippen molar-refractivity contribution in [1.82, 2.24) is 4.90 Å². The van der Waals surface area contributed by atoms with E-state index in [0.717, 1.165) is 25.7 Å². The van der Waals surface area contributed by atoms with E-state index >= 15 is 0 Å². The van der Waals surface area contributed by atoms with Gasteiger partial charge in [-0.25, -0.2) is 0 Å². The van der Waals surface area contributed by atoms with Gasteiger partial charge in [0.25, 0.3) is 5.91 Å². The smallest absolute Gasteiger partial charge is 0.253 e. The van der Waals surface area contributed by atoms with Crippen LogP contribution < -0.4 is 0 Å². The monoisotopic (exact) mass is 263 g/mol. The number of hydrogen-bond acceptors (Lipinski definition) is 5. The average molecular weight is 263 g/mol. The number of rotatable bonds is 9. The fourth-order valence-electron chi connectivity index (χ4n) is 1.58. The zero-order valence-electron chi connectivity index (χ0n) is 11.1. The summed E-state index contributed by atoms with van der Waals surface area (Å²) in [6.07, 6.45) is -0.854. The summed E-state index contributed by atoms with van der Waals surface area (Å²) >= 11 is 0. The first-order chi connectivity index (χ1) is 8.45. The molecule has 0 aliphatic carbocycles. The lowest BCUT2D eigenvalue weighted by atomic mass is 10.1. The summed E-state index contributed by atoms with van der Waals surface area (Å²) in [6, 6.07) is 0. The van der Waals surface area contributed by atoms with Gasteiger partial charge in [-0.15, -0.1) is 0 Å². The van der Waals surface area contributed by atoms with Crippen molar-refractivity contribution in [2.24, 2.45) is 0 Å². The summed E-state index contributed by atoms with van der Waals surface area (Å²) < 4.78 is 0. The summed E-state index contributed by atoms with van der Waals surface area (Å²) in [4.78, 5) is 13.0. The lowest BCUT2D eigenvalue weighted by Gasteiger charge is -2.25. The van der Waals surface area contributed by atoms with E-state index in [1.807, 2.05) is 0 Å². The van der Waals surface area contributed by atoms with Crippen molar-refractivity contribution in [3.63, 3.8) is 0 Å². The Bertz CT molecular complexity index is 237. The minimum absolute atomic E-state index is 0.498. The van der Waals surface area contributed by atoms with E-state index in [4.69, 9.17) is 10.2 Å². The first-order valence-electron chi connectivity index (χ1n) is 6.35. The van der Waals surface area contributed by atoms with Crippen LogP contribution in [-0.4, -0.2) is 69.7 Å². The minimum atomic E-state index is -1.71. The lowest BCUT2D eigenvalue weighted by Crippen LogP contribution is -2.49. The Balaban J connectivity index is 4.11. The van der Waals surface area contributed by atoms with Gasteiger partial charge >= 0.3 is 0 Å². The summed E-state index contributed by atoms with van der Waals surface area (Å²) in [5.41, 5.74) is 0. The van der Waals surface area contributed by atoms with Crippen LogP contribution in [0.4, 0.5) is 0 Å². The molecule has 0 spiro atoms. The van der Waals surface area contributed by atoms with Crippen LogP contribution in [0.1, 0.15) is 32.6 Å². The highest BCUT2D eigenvalue weighted by Gasteiger charge is 2.31. The van der Waals surface area contributed by atoms with Gasteiger partial charge in [0.2, 0.25) is 0 Å². The Morgan fingerprint density at radius 1 is 1.17 bits per heavy atom. The zero-order valence-corrected chi connectivity index (χ0v) is 11.1. The molecule has 0 radical (unpaired) electrons. The number of hydrogen-bond donors (Lipinski definition) is 4. The minimum Gasteiger partial charge on any atom is -0.394 e. The molecule has 3 atom stereocenters. The second kappa shape index (κ2) is 9.27. The molecule has 0 saturated heterocycles. The normalized spacial score (nSPS) is 16.1. The van der Waals surface area contributed by atoms with Gasteiger partial charge in [-0.3, -0.25) is 4.79 Å². The van der Waals surface area contributed by atoms with Crippen LogP contribution in [0.15, 0.2) is 0 Å². The highest BCUT2D eigenvalue weighted by Crippen LogP contribution is 2.06. The molecular formula is C12H25NO5. The third-order valence-corrected chi connectivity index (χ3v) is 2.88. The second-order valence-electron chi connectivity index (χ2n) is 4.51. The van der Waals surface area contributed by atoms with E-state index in [0.29, 0.717) is 6.54 Å². The van der Waals surface area contributed by atoms with E-state index in [1.54, 1.807) is 0 Å². The predicted molar refractivity (Wildman–Crippen MR) is 66.9 cm³/mol. The van der Waals surface area contributed by atoms with E-state index in [1.165, 1.54) is 11.9 Å². The third kappa shape index (κ3) is 5.77. The van der Waals surface area contributed by atoms with Crippen molar-refractivity contribution >= 4 is 5.91 Å². The van der Waals surface area contributed by atoms with Gasteiger partial charge in [0.15, 0.2) is 6.10 Å². The number of carbonyl (C=O) groups is 1. The van der Waals surface area contributed by atoms with Crippen molar-refractivity contribution in [2.45, 2.75) is 50.9 Å². The molecule has 0 aromatic carbocycles. The molecule has 4 N–H and O–H groups in total. The first kappa shape index (κ1) is 17.3. The quantitative estimate of drug-likeness (QED) is 0.404. The summed E-state index contributed by atoms with van der Waals surface area (Å²) in [5.74, 6) is -0.647. The number of aliphatic hydroxyl groups is 4. The van der Waals surface area contributed by atoms with Crippen LogP contribution in [0.3, 0.4) is 0 Å². The standard InChI is InChI=1S/C12H25NO5/c1-3-4-5-6-7-13(2)12(18)11(17)10(16)9(15)8-14/h9-11,14-17H,3-8H2,1-2H3/t9-,10-,11+/m0/s1. The summed E-state index contributed by atoms with van der Waals surface area (Å²) in [6.45, 7) is 1.88. The largest absolute Gasteiger partial charge is 0.394 e. The summed E-state index contributed by atoms with van der Waals surface area (Å²) in [7, 11) is 1.54. The summed E-state index contributed by atoms with van der Waals surface area (Å²) in [5, 5.41) is 36.7. The van der Waals surface area contributed by atoms with Gasteiger partial charge in [0, 0.05) is 13.6 Å².